The Hall–Kier alpha value is -1.24. The van der Waals surface area contributed by atoms with Crippen molar-refractivity contribution in [3.8, 4) is 5.75 Å². The first kappa shape index (κ1) is 7.41. The van der Waals surface area contributed by atoms with Gasteiger partial charge in [-0.2, -0.15) is 0 Å². The lowest BCUT2D eigenvalue weighted by molar-refractivity contribution is 0.427. The second kappa shape index (κ2) is 2.67. The molecule has 0 saturated carbocycles. The molecule has 0 aliphatic carbocycles. The van der Waals surface area contributed by atoms with Crippen molar-refractivity contribution in [2.45, 2.75) is 19.3 Å². The molecule has 0 amide bonds. The van der Waals surface area contributed by atoms with E-state index in [1.165, 1.54) is 5.56 Å². The van der Waals surface area contributed by atoms with E-state index in [2.05, 4.69) is 19.6 Å². The van der Waals surface area contributed by atoms with Crippen molar-refractivity contribution >= 4 is 0 Å². The molecule has 0 saturated heterocycles. The molecular weight excluding hydrogens is 148 g/mol. The highest BCUT2D eigenvalue weighted by molar-refractivity contribution is 5.45. The molecule has 1 heteroatoms. The minimum Gasteiger partial charge on any atom is -0.461 e. The number of fused-ring (bicyclic) bond motifs is 1. The topological polar surface area (TPSA) is 9.23 Å². The number of para-hydroxylation sites is 1. The Kier molecular flexibility index (Phi) is 1.65. The lowest BCUT2D eigenvalue weighted by Gasteiger charge is -2.04. The lowest BCUT2D eigenvalue weighted by atomic mass is 9.97. The average Bonchev–Trinajstić information content (AvgIpc) is 2.40. The first-order valence-electron chi connectivity index (χ1n) is 4.28. The summed E-state index contributed by atoms with van der Waals surface area (Å²) in [4.78, 5) is 0. The Balaban J connectivity index is 2.47. The Labute approximate surface area is 72.7 Å². The van der Waals surface area contributed by atoms with Crippen LogP contribution in [-0.4, -0.2) is 0 Å². The van der Waals surface area contributed by atoms with Gasteiger partial charge in [-0.15, -0.1) is 0 Å². The summed E-state index contributed by atoms with van der Waals surface area (Å²) in [5.74, 6) is 2.27. The molecule has 1 nitrogen and oxygen atoms in total. The Morgan fingerprint density at radius 1 is 1.42 bits per heavy atom. The molecule has 1 heterocycles. The fraction of sp³-hybridized carbons (Fsp3) is 0.273. The smallest absolute Gasteiger partial charge is 0.130 e. The summed E-state index contributed by atoms with van der Waals surface area (Å²) < 4.78 is 5.52. The average molecular weight is 160 g/mol. The van der Waals surface area contributed by atoms with Gasteiger partial charge in [-0.25, -0.2) is 0 Å². The molecule has 1 aliphatic heterocycles. The van der Waals surface area contributed by atoms with E-state index in [9.17, 15) is 0 Å². The van der Waals surface area contributed by atoms with Gasteiger partial charge in [-0.3, -0.25) is 0 Å². The molecule has 0 radical (unpaired) electrons. The van der Waals surface area contributed by atoms with E-state index in [1.54, 1.807) is 0 Å². The van der Waals surface area contributed by atoms with E-state index < -0.39 is 0 Å². The van der Waals surface area contributed by atoms with Crippen LogP contribution in [0.15, 0.2) is 36.6 Å². The molecule has 12 heavy (non-hydrogen) atoms. The molecule has 1 aromatic carbocycles. The van der Waals surface area contributed by atoms with Crippen LogP contribution in [0.4, 0.5) is 0 Å². The monoisotopic (exact) mass is 160 g/mol. The van der Waals surface area contributed by atoms with Crippen molar-refractivity contribution in [2.75, 3.05) is 0 Å². The van der Waals surface area contributed by atoms with Crippen LogP contribution >= 0.6 is 0 Å². The Bertz CT molecular complexity index is 315. The van der Waals surface area contributed by atoms with Crippen molar-refractivity contribution in [1.29, 1.82) is 0 Å². The largest absolute Gasteiger partial charge is 0.461 e. The van der Waals surface area contributed by atoms with Crippen LogP contribution in [0.1, 0.15) is 24.8 Å². The van der Waals surface area contributed by atoms with Crippen LogP contribution in [0.5, 0.6) is 5.75 Å². The minimum atomic E-state index is 0.404. The highest BCUT2D eigenvalue weighted by atomic mass is 16.5. The first-order valence-corrected chi connectivity index (χ1v) is 4.28. The third-order valence-corrected chi connectivity index (χ3v) is 2.33. The van der Waals surface area contributed by atoms with Gasteiger partial charge in [-0.1, -0.05) is 31.7 Å². The maximum absolute atomic E-state index is 5.52. The zero-order valence-corrected chi connectivity index (χ0v) is 7.21. The van der Waals surface area contributed by atoms with E-state index in [-0.39, 0.29) is 0 Å². The highest BCUT2D eigenvalue weighted by Gasteiger charge is 2.25. The third kappa shape index (κ3) is 0.934. The molecular formula is C11H12O. The molecule has 0 spiro atoms. The first-order chi connectivity index (χ1) is 5.83. The number of hydrogen-bond donors (Lipinski definition) is 0. The zero-order chi connectivity index (χ0) is 8.55. The van der Waals surface area contributed by atoms with Crippen LogP contribution in [-0.2, 0) is 0 Å². The summed E-state index contributed by atoms with van der Waals surface area (Å²) in [6.07, 6.45) is 1.07. The van der Waals surface area contributed by atoms with Crippen LogP contribution in [0.3, 0.4) is 0 Å². The van der Waals surface area contributed by atoms with Gasteiger partial charge in [0.1, 0.15) is 11.5 Å². The van der Waals surface area contributed by atoms with Crippen molar-refractivity contribution in [1.82, 2.24) is 0 Å². The summed E-state index contributed by atoms with van der Waals surface area (Å²) in [7, 11) is 0. The maximum atomic E-state index is 5.52. The van der Waals surface area contributed by atoms with E-state index in [0.717, 1.165) is 17.9 Å². The number of benzene rings is 1. The second-order valence-electron chi connectivity index (χ2n) is 3.07. The molecule has 0 aromatic heterocycles. The normalized spacial score (nSPS) is 20.4. The summed E-state index contributed by atoms with van der Waals surface area (Å²) in [5, 5.41) is 0. The number of hydrogen-bond acceptors (Lipinski definition) is 1. The molecule has 0 N–H and O–H groups in total. The van der Waals surface area contributed by atoms with Gasteiger partial charge in [-0.05, 0) is 12.5 Å². The van der Waals surface area contributed by atoms with Gasteiger partial charge >= 0.3 is 0 Å². The lowest BCUT2D eigenvalue weighted by Crippen LogP contribution is -1.94. The van der Waals surface area contributed by atoms with E-state index in [4.69, 9.17) is 4.74 Å². The SMILES string of the molecule is C=C1Oc2ccccc2[C@H]1CC. The number of rotatable bonds is 1. The molecule has 1 aliphatic rings. The van der Waals surface area contributed by atoms with E-state index >= 15 is 0 Å². The molecule has 1 atom stereocenters. The van der Waals surface area contributed by atoms with Gasteiger partial charge in [0.15, 0.2) is 0 Å². The molecule has 0 fully saturated rings. The van der Waals surface area contributed by atoms with Gasteiger partial charge < -0.3 is 4.74 Å². The number of ether oxygens (including phenoxy) is 1. The van der Waals surface area contributed by atoms with Crippen molar-refractivity contribution in [3.63, 3.8) is 0 Å². The van der Waals surface area contributed by atoms with Gasteiger partial charge in [0.05, 0.1) is 0 Å². The third-order valence-electron chi connectivity index (χ3n) is 2.33. The summed E-state index contributed by atoms with van der Waals surface area (Å²) in [5.41, 5.74) is 1.28. The van der Waals surface area contributed by atoms with Crippen LogP contribution in [0.2, 0.25) is 0 Å². The van der Waals surface area contributed by atoms with Gasteiger partial charge in [0.25, 0.3) is 0 Å². The van der Waals surface area contributed by atoms with E-state index in [1.807, 2.05) is 18.2 Å². The summed E-state index contributed by atoms with van der Waals surface area (Å²) >= 11 is 0. The fourth-order valence-corrected chi connectivity index (χ4v) is 1.69. The quantitative estimate of drug-likeness (QED) is 0.613. The van der Waals surface area contributed by atoms with Crippen LogP contribution < -0.4 is 4.74 Å². The summed E-state index contributed by atoms with van der Waals surface area (Å²) in [6.45, 7) is 6.05. The zero-order valence-electron chi connectivity index (χ0n) is 7.21. The maximum Gasteiger partial charge on any atom is 0.130 e. The van der Waals surface area contributed by atoms with Gasteiger partial charge in [0, 0.05) is 11.5 Å². The Morgan fingerprint density at radius 2 is 2.17 bits per heavy atom. The van der Waals surface area contributed by atoms with Crippen molar-refractivity contribution < 1.29 is 4.74 Å². The molecule has 62 valence electrons. The fourth-order valence-electron chi connectivity index (χ4n) is 1.69. The van der Waals surface area contributed by atoms with Gasteiger partial charge in [0.2, 0.25) is 0 Å². The second-order valence-corrected chi connectivity index (χ2v) is 3.07. The van der Waals surface area contributed by atoms with Crippen molar-refractivity contribution in [2.24, 2.45) is 0 Å². The minimum absolute atomic E-state index is 0.404. The summed E-state index contributed by atoms with van der Waals surface area (Å²) in [6, 6.07) is 8.14. The van der Waals surface area contributed by atoms with Crippen LogP contribution in [0.25, 0.3) is 0 Å². The Morgan fingerprint density at radius 3 is 2.92 bits per heavy atom. The number of allylic oxidation sites excluding steroid dienone is 1. The van der Waals surface area contributed by atoms with Crippen molar-refractivity contribution in [3.05, 3.63) is 42.2 Å². The predicted molar refractivity (Wildman–Crippen MR) is 49.2 cm³/mol. The molecule has 0 unspecified atom stereocenters. The van der Waals surface area contributed by atoms with E-state index in [0.29, 0.717) is 5.92 Å². The molecule has 1 aromatic rings. The predicted octanol–water partition coefficient (Wildman–Crippen LogP) is 3.09. The molecule has 0 bridgehead atoms. The standard InChI is InChI=1S/C11H12O/c1-3-9-8(2)12-11-7-5-4-6-10(9)11/h4-7,9H,2-3H2,1H3/t9-/m0/s1. The molecule has 2 rings (SSSR count). The van der Waals surface area contributed by atoms with Crippen LogP contribution in [0, 0.1) is 0 Å². The highest BCUT2D eigenvalue weighted by Crippen LogP contribution is 2.41.